The molecule has 0 aromatic heterocycles. The Morgan fingerprint density at radius 2 is 1.68 bits per heavy atom. The number of ether oxygens (including phenoxy) is 1. The van der Waals surface area contributed by atoms with E-state index >= 15 is 0 Å². The number of rotatable bonds is 7. The lowest BCUT2D eigenvalue weighted by molar-refractivity contribution is -0.140. The van der Waals surface area contributed by atoms with Crippen LogP contribution in [0.4, 0.5) is 0 Å². The SMILES string of the molecule is O=C(NCCO)C1=C[C@@H](N(C(=O)Cc2ccccc2)C2CCCCCC2)[C@H](O)[C@H]2Oc3ccccc3[C@@H]12. The fourth-order valence-electron chi connectivity index (χ4n) is 6.17. The van der Waals surface area contributed by atoms with Gasteiger partial charge in [0, 0.05) is 23.7 Å². The number of aliphatic hydroxyl groups is 2. The Kier molecular flexibility index (Phi) is 7.91. The first-order valence-electron chi connectivity index (χ1n) is 13.5. The van der Waals surface area contributed by atoms with E-state index in [1.807, 2.05) is 59.5 Å². The lowest BCUT2D eigenvalue weighted by atomic mass is 9.77. The topological polar surface area (TPSA) is 99.1 Å². The van der Waals surface area contributed by atoms with Gasteiger partial charge in [-0.25, -0.2) is 0 Å². The molecule has 7 heteroatoms. The zero-order chi connectivity index (χ0) is 25.8. The molecule has 1 fully saturated rings. The van der Waals surface area contributed by atoms with Crippen molar-refractivity contribution in [3.8, 4) is 5.75 Å². The molecule has 2 aromatic rings. The number of hydrogen-bond acceptors (Lipinski definition) is 5. The molecule has 5 rings (SSSR count). The van der Waals surface area contributed by atoms with Crippen LogP contribution in [-0.2, 0) is 16.0 Å². The van der Waals surface area contributed by atoms with Crippen molar-refractivity contribution in [3.63, 3.8) is 0 Å². The summed E-state index contributed by atoms with van der Waals surface area (Å²) >= 11 is 0. The van der Waals surface area contributed by atoms with Gasteiger partial charge in [0.15, 0.2) is 0 Å². The van der Waals surface area contributed by atoms with Crippen molar-refractivity contribution in [2.24, 2.45) is 0 Å². The van der Waals surface area contributed by atoms with Gasteiger partial charge in [-0.05, 0) is 30.5 Å². The number of hydrogen-bond donors (Lipinski definition) is 3. The fraction of sp³-hybridized carbons (Fsp3) is 0.467. The Morgan fingerprint density at radius 3 is 2.41 bits per heavy atom. The lowest BCUT2D eigenvalue weighted by Gasteiger charge is -2.44. The molecule has 0 saturated heterocycles. The van der Waals surface area contributed by atoms with E-state index in [1.54, 1.807) is 6.08 Å². The second-order valence-electron chi connectivity index (χ2n) is 10.3. The number of carbonyl (C=O) groups excluding carboxylic acids is 2. The molecular weight excluding hydrogens is 468 g/mol. The second kappa shape index (κ2) is 11.5. The highest BCUT2D eigenvalue weighted by atomic mass is 16.5. The van der Waals surface area contributed by atoms with Crippen LogP contribution >= 0.6 is 0 Å². The average Bonchev–Trinajstić information content (AvgIpc) is 3.10. The Labute approximate surface area is 218 Å². The Balaban J connectivity index is 1.54. The summed E-state index contributed by atoms with van der Waals surface area (Å²) in [7, 11) is 0. The maximum absolute atomic E-state index is 13.9. The van der Waals surface area contributed by atoms with Gasteiger partial charge in [-0.1, -0.05) is 74.2 Å². The Bertz CT molecular complexity index is 1130. The van der Waals surface area contributed by atoms with E-state index in [9.17, 15) is 19.8 Å². The first-order chi connectivity index (χ1) is 18.1. The van der Waals surface area contributed by atoms with E-state index in [0.29, 0.717) is 11.3 Å². The zero-order valence-electron chi connectivity index (χ0n) is 21.1. The van der Waals surface area contributed by atoms with Crippen LogP contribution in [0.5, 0.6) is 5.75 Å². The molecule has 196 valence electrons. The lowest BCUT2D eigenvalue weighted by Crippen LogP contribution is -2.58. The third-order valence-electron chi connectivity index (χ3n) is 7.90. The number of carbonyl (C=O) groups is 2. The Hall–Kier alpha value is -3.16. The van der Waals surface area contributed by atoms with Crippen molar-refractivity contribution in [1.82, 2.24) is 10.2 Å². The molecule has 2 amide bonds. The number of para-hydroxylation sites is 1. The van der Waals surface area contributed by atoms with Crippen molar-refractivity contribution in [2.75, 3.05) is 13.2 Å². The maximum atomic E-state index is 13.9. The van der Waals surface area contributed by atoms with Crippen LogP contribution in [0.25, 0.3) is 0 Å². The number of nitrogens with one attached hydrogen (secondary N) is 1. The van der Waals surface area contributed by atoms with Crippen LogP contribution < -0.4 is 10.1 Å². The molecule has 0 radical (unpaired) electrons. The van der Waals surface area contributed by atoms with Crippen LogP contribution in [0.1, 0.15) is 55.6 Å². The number of fused-ring (bicyclic) bond motifs is 3. The van der Waals surface area contributed by atoms with Crippen LogP contribution in [0.3, 0.4) is 0 Å². The normalized spacial score (nSPS) is 25.2. The monoisotopic (exact) mass is 504 g/mol. The molecule has 2 aliphatic carbocycles. The van der Waals surface area contributed by atoms with E-state index in [1.165, 1.54) is 0 Å². The van der Waals surface area contributed by atoms with E-state index in [2.05, 4.69) is 5.32 Å². The van der Waals surface area contributed by atoms with Gasteiger partial charge in [-0.3, -0.25) is 9.59 Å². The molecule has 1 aliphatic heterocycles. The van der Waals surface area contributed by atoms with Gasteiger partial charge in [0.05, 0.1) is 25.0 Å². The van der Waals surface area contributed by atoms with Gasteiger partial charge in [0.25, 0.3) is 0 Å². The van der Waals surface area contributed by atoms with E-state index in [0.717, 1.165) is 49.7 Å². The van der Waals surface area contributed by atoms with Crippen molar-refractivity contribution in [2.45, 2.75) is 75.2 Å². The van der Waals surface area contributed by atoms with Crippen LogP contribution in [0.15, 0.2) is 66.2 Å². The van der Waals surface area contributed by atoms with Crippen molar-refractivity contribution in [3.05, 3.63) is 77.4 Å². The molecule has 0 unspecified atom stereocenters. The first kappa shape index (κ1) is 25.5. The summed E-state index contributed by atoms with van der Waals surface area (Å²) in [6.45, 7) is -0.0431. The summed E-state index contributed by atoms with van der Waals surface area (Å²) in [5, 5.41) is 23.8. The fourth-order valence-corrected chi connectivity index (χ4v) is 6.17. The summed E-state index contributed by atoms with van der Waals surface area (Å²) < 4.78 is 6.24. The van der Waals surface area contributed by atoms with Crippen molar-refractivity contribution >= 4 is 11.8 Å². The standard InChI is InChI=1S/C30H36N2O5/c33-17-16-31-30(36)23-19-24(28(35)29-27(23)22-14-8-9-15-25(22)37-29)32(21-12-6-1-2-7-13-21)26(34)18-20-10-4-3-5-11-20/h3-5,8-11,14-15,19,21,24,27-29,33,35H,1-2,6-7,12-13,16-18H2,(H,31,36)/t24-,27+,28+,29+/m1/s1. The first-order valence-corrected chi connectivity index (χ1v) is 13.5. The van der Waals surface area contributed by atoms with Crippen molar-refractivity contribution in [1.29, 1.82) is 0 Å². The van der Waals surface area contributed by atoms with Crippen molar-refractivity contribution < 1.29 is 24.5 Å². The average molecular weight is 505 g/mol. The minimum atomic E-state index is -0.991. The van der Waals surface area contributed by atoms with Gasteiger partial charge < -0.3 is 25.2 Å². The second-order valence-corrected chi connectivity index (χ2v) is 10.3. The molecule has 3 N–H and O–H groups in total. The summed E-state index contributed by atoms with van der Waals surface area (Å²) in [6, 6.07) is 16.5. The highest BCUT2D eigenvalue weighted by Crippen LogP contribution is 2.47. The van der Waals surface area contributed by atoms with E-state index in [-0.39, 0.29) is 37.4 Å². The molecule has 1 saturated carbocycles. The molecule has 0 bridgehead atoms. The van der Waals surface area contributed by atoms with Gasteiger partial charge in [-0.15, -0.1) is 0 Å². The number of nitrogens with zero attached hydrogens (tertiary/aromatic N) is 1. The predicted molar refractivity (Wildman–Crippen MR) is 140 cm³/mol. The van der Waals surface area contributed by atoms with Gasteiger partial charge >= 0.3 is 0 Å². The third kappa shape index (κ3) is 5.29. The highest BCUT2D eigenvalue weighted by molar-refractivity contribution is 5.96. The molecule has 3 aliphatic rings. The molecule has 7 nitrogen and oxygen atoms in total. The van der Waals surface area contributed by atoms with Gasteiger partial charge in [-0.2, -0.15) is 0 Å². The minimum Gasteiger partial charge on any atom is -0.486 e. The molecule has 1 heterocycles. The van der Waals surface area contributed by atoms with Gasteiger partial charge in [0.2, 0.25) is 11.8 Å². The third-order valence-corrected chi connectivity index (χ3v) is 7.90. The summed E-state index contributed by atoms with van der Waals surface area (Å²) in [5.41, 5.74) is 2.25. The zero-order valence-corrected chi connectivity index (χ0v) is 21.1. The maximum Gasteiger partial charge on any atom is 0.247 e. The quantitative estimate of drug-likeness (QED) is 0.504. The van der Waals surface area contributed by atoms with Crippen LogP contribution in [0, 0.1) is 0 Å². The van der Waals surface area contributed by atoms with Crippen LogP contribution in [0.2, 0.25) is 0 Å². The summed E-state index contributed by atoms with van der Waals surface area (Å²) in [4.78, 5) is 29.1. The smallest absolute Gasteiger partial charge is 0.247 e. The molecule has 2 aromatic carbocycles. The summed E-state index contributed by atoms with van der Waals surface area (Å²) in [6.07, 6.45) is 6.44. The number of benzene rings is 2. The highest BCUT2D eigenvalue weighted by Gasteiger charge is 2.51. The van der Waals surface area contributed by atoms with E-state index < -0.39 is 24.2 Å². The molecular formula is C30H36N2O5. The van der Waals surface area contributed by atoms with Gasteiger partial charge in [0.1, 0.15) is 18.0 Å². The summed E-state index contributed by atoms with van der Waals surface area (Å²) in [5.74, 6) is -0.156. The largest absolute Gasteiger partial charge is 0.486 e. The van der Waals surface area contributed by atoms with E-state index in [4.69, 9.17) is 4.74 Å². The molecule has 37 heavy (non-hydrogen) atoms. The Morgan fingerprint density at radius 1 is 0.973 bits per heavy atom. The minimum absolute atomic E-state index is 0.0170. The number of aliphatic hydroxyl groups excluding tert-OH is 2. The van der Waals surface area contributed by atoms with Crippen LogP contribution in [-0.4, -0.2) is 64.4 Å². The molecule has 4 atom stereocenters. The predicted octanol–water partition coefficient (Wildman–Crippen LogP) is 3.10. The number of amides is 2. The molecule has 0 spiro atoms.